The maximum atomic E-state index is 12.4. The molecule has 1 amide bonds. The number of hydrogen-bond acceptors (Lipinski definition) is 2. The van der Waals surface area contributed by atoms with Crippen LogP contribution in [0.1, 0.15) is 28.8 Å². The van der Waals surface area contributed by atoms with Crippen molar-refractivity contribution in [2.75, 3.05) is 26.7 Å². The quantitative estimate of drug-likeness (QED) is 0.931. The van der Waals surface area contributed by atoms with Crippen molar-refractivity contribution in [1.29, 1.82) is 0 Å². The minimum Gasteiger partial charge on any atom is -0.352 e. The molecular weight excluding hydrogens is 281 g/mol. The lowest BCUT2D eigenvalue weighted by Crippen LogP contribution is -2.36. The lowest BCUT2D eigenvalue weighted by Gasteiger charge is -2.28. The summed E-state index contributed by atoms with van der Waals surface area (Å²) in [6, 6.07) is 4.30. The van der Waals surface area contributed by atoms with Gasteiger partial charge in [-0.1, -0.05) is 0 Å². The van der Waals surface area contributed by atoms with Crippen LogP contribution in [-0.2, 0) is 6.18 Å². The molecule has 1 N–H and O–H groups in total. The lowest BCUT2D eigenvalue weighted by molar-refractivity contribution is -0.137. The molecule has 6 heteroatoms. The summed E-state index contributed by atoms with van der Waals surface area (Å²) in [4.78, 5) is 14.2. The molecule has 0 radical (unpaired) electrons. The molecule has 1 fully saturated rings. The zero-order valence-corrected chi connectivity index (χ0v) is 11.9. The normalized spacial score (nSPS) is 17.7. The van der Waals surface area contributed by atoms with Gasteiger partial charge in [0.05, 0.1) is 5.56 Å². The highest BCUT2D eigenvalue weighted by atomic mass is 19.4. The molecule has 1 aliphatic rings. The summed E-state index contributed by atoms with van der Waals surface area (Å²) >= 11 is 0. The third kappa shape index (κ3) is 4.46. The average molecular weight is 300 g/mol. The van der Waals surface area contributed by atoms with E-state index >= 15 is 0 Å². The van der Waals surface area contributed by atoms with Crippen LogP contribution in [0.3, 0.4) is 0 Å². The van der Waals surface area contributed by atoms with Crippen molar-refractivity contribution in [3.8, 4) is 0 Å². The van der Waals surface area contributed by atoms with Gasteiger partial charge in [0.15, 0.2) is 0 Å². The number of carbonyl (C=O) groups is 1. The van der Waals surface area contributed by atoms with Crippen LogP contribution in [0, 0.1) is 5.92 Å². The Kier molecular flexibility index (Phi) is 4.88. The lowest BCUT2D eigenvalue weighted by atomic mass is 9.97. The van der Waals surface area contributed by atoms with E-state index < -0.39 is 11.7 Å². The molecule has 21 heavy (non-hydrogen) atoms. The van der Waals surface area contributed by atoms with Crippen molar-refractivity contribution in [3.63, 3.8) is 0 Å². The van der Waals surface area contributed by atoms with Gasteiger partial charge < -0.3 is 10.2 Å². The molecule has 2 rings (SSSR count). The van der Waals surface area contributed by atoms with E-state index in [1.54, 1.807) is 0 Å². The van der Waals surface area contributed by atoms with E-state index in [4.69, 9.17) is 0 Å². The number of hydrogen-bond donors (Lipinski definition) is 1. The Labute approximate surface area is 122 Å². The van der Waals surface area contributed by atoms with Crippen molar-refractivity contribution >= 4 is 5.91 Å². The molecule has 0 bridgehead atoms. The molecule has 0 saturated carbocycles. The van der Waals surface area contributed by atoms with Gasteiger partial charge in [-0.3, -0.25) is 4.79 Å². The first-order valence-electron chi connectivity index (χ1n) is 7.00. The Hall–Kier alpha value is -1.56. The summed E-state index contributed by atoms with van der Waals surface area (Å²) in [5, 5.41) is 2.80. The van der Waals surface area contributed by atoms with Crippen LogP contribution in [0.25, 0.3) is 0 Å². The van der Waals surface area contributed by atoms with Gasteiger partial charge in [0.25, 0.3) is 5.91 Å². The van der Waals surface area contributed by atoms with E-state index in [-0.39, 0.29) is 11.5 Å². The van der Waals surface area contributed by atoms with Gasteiger partial charge in [0, 0.05) is 12.1 Å². The Bertz CT molecular complexity index is 477. The van der Waals surface area contributed by atoms with Crippen molar-refractivity contribution in [2.24, 2.45) is 5.92 Å². The number of carbonyl (C=O) groups excluding carboxylic acids is 1. The molecule has 1 aliphatic heterocycles. The molecule has 116 valence electrons. The second-order valence-corrected chi connectivity index (χ2v) is 5.53. The van der Waals surface area contributed by atoms with Gasteiger partial charge in [-0.2, -0.15) is 13.2 Å². The molecule has 1 saturated heterocycles. The van der Waals surface area contributed by atoms with Gasteiger partial charge in [-0.05, 0) is 63.2 Å². The minimum atomic E-state index is -4.37. The Morgan fingerprint density at radius 1 is 1.24 bits per heavy atom. The fourth-order valence-electron chi connectivity index (χ4n) is 2.42. The second kappa shape index (κ2) is 6.47. The predicted molar refractivity (Wildman–Crippen MR) is 74.0 cm³/mol. The summed E-state index contributed by atoms with van der Waals surface area (Å²) in [6.07, 6.45) is -2.31. The molecule has 0 atom stereocenters. The van der Waals surface area contributed by atoms with E-state index in [1.165, 1.54) is 12.1 Å². The molecule has 1 aromatic carbocycles. The third-order valence-electron chi connectivity index (χ3n) is 3.86. The minimum absolute atomic E-state index is 0.260. The van der Waals surface area contributed by atoms with E-state index in [0.29, 0.717) is 12.5 Å². The molecular formula is C15H19F3N2O. The van der Waals surface area contributed by atoms with Crippen LogP contribution in [0.15, 0.2) is 24.3 Å². The monoisotopic (exact) mass is 300 g/mol. The van der Waals surface area contributed by atoms with Crippen LogP contribution in [0.4, 0.5) is 13.2 Å². The van der Waals surface area contributed by atoms with Crippen LogP contribution in [-0.4, -0.2) is 37.5 Å². The van der Waals surface area contributed by atoms with Crippen LogP contribution in [0.2, 0.25) is 0 Å². The van der Waals surface area contributed by atoms with E-state index in [1.807, 2.05) is 0 Å². The molecule has 3 nitrogen and oxygen atoms in total. The smallest absolute Gasteiger partial charge is 0.352 e. The van der Waals surface area contributed by atoms with Crippen molar-refractivity contribution in [3.05, 3.63) is 35.4 Å². The topological polar surface area (TPSA) is 32.3 Å². The van der Waals surface area contributed by atoms with Crippen LogP contribution in [0.5, 0.6) is 0 Å². The second-order valence-electron chi connectivity index (χ2n) is 5.53. The van der Waals surface area contributed by atoms with Crippen molar-refractivity contribution in [1.82, 2.24) is 10.2 Å². The number of alkyl halides is 3. The molecule has 0 unspecified atom stereocenters. The number of amides is 1. The molecule has 0 spiro atoms. The van der Waals surface area contributed by atoms with E-state index in [9.17, 15) is 18.0 Å². The molecule has 1 heterocycles. The first kappa shape index (κ1) is 15.8. The average Bonchev–Trinajstić information content (AvgIpc) is 2.45. The number of nitrogens with zero attached hydrogens (tertiary/aromatic N) is 1. The number of halogens is 3. The van der Waals surface area contributed by atoms with Crippen molar-refractivity contribution in [2.45, 2.75) is 19.0 Å². The Balaban J connectivity index is 1.86. The van der Waals surface area contributed by atoms with Crippen molar-refractivity contribution < 1.29 is 18.0 Å². The Morgan fingerprint density at radius 2 is 1.81 bits per heavy atom. The summed E-state index contributed by atoms with van der Waals surface area (Å²) in [7, 11) is 2.07. The fourth-order valence-corrected chi connectivity index (χ4v) is 2.42. The first-order chi connectivity index (χ1) is 9.86. The number of piperidine rings is 1. The highest BCUT2D eigenvalue weighted by Gasteiger charge is 2.30. The largest absolute Gasteiger partial charge is 0.416 e. The van der Waals surface area contributed by atoms with E-state index in [0.717, 1.165) is 38.1 Å². The van der Waals surface area contributed by atoms with Gasteiger partial charge in [0.2, 0.25) is 0 Å². The predicted octanol–water partition coefficient (Wildman–Crippen LogP) is 2.78. The van der Waals surface area contributed by atoms with Crippen LogP contribution >= 0.6 is 0 Å². The number of rotatable bonds is 3. The highest BCUT2D eigenvalue weighted by molar-refractivity contribution is 5.94. The summed E-state index contributed by atoms with van der Waals surface area (Å²) in [5.74, 6) is 0.127. The molecule has 0 aromatic heterocycles. The van der Waals surface area contributed by atoms with Gasteiger partial charge in [0.1, 0.15) is 0 Å². The van der Waals surface area contributed by atoms with Gasteiger partial charge >= 0.3 is 6.18 Å². The number of benzene rings is 1. The Morgan fingerprint density at radius 3 is 2.33 bits per heavy atom. The van der Waals surface area contributed by atoms with E-state index in [2.05, 4.69) is 17.3 Å². The molecule has 0 aliphatic carbocycles. The maximum absolute atomic E-state index is 12.4. The summed E-state index contributed by atoms with van der Waals surface area (Å²) in [5.41, 5.74) is -0.481. The number of likely N-dealkylation sites (tertiary alicyclic amines) is 1. The zero-order valence-electron chi connectivity index (χ0n) is 11.9. The highest BCUT2D eigenvalue weighted by Crippen LogP contribution is 2.29. The first-order valence-corrected chi connectivity index (χ1v) is 7.00. The third-order valence-corrected chi connectivity index (χ3v) is 3.86. The fraction of sp³-hybridized carbons (Fsp3) is 0.533. The SMILES string of the molecule is CN1CCC(CNC(=O)c2ccc(C(F)(F)F)cc2)CC1. The summed E-state index contributed by atoms with van der Waals surface area (Å²) in [6.45, 7) is 2.61. The summed E-state index contributed by atoms with van der Waals surface area (Å²) < 4.78 is 37.3. The maximum Gasteiger partial charge on any atom is 0.416 e. The van der Waals surface area contributed by atoms with Crippen LogP contribution < -0.4 is 5.32 Å². The molecule has 1 aromatic rings. The number of nitrogens with one attached hydrogen (secondary N) is 1. The van der Waals surface area contributed by atoms with Gasteiger partial charge in [-0.15, -0.1) is 0 Å². The van der Waals surface area contributed by atoms with Gasteiger partial charge in [-0.25, -0.2) is 0 Å². The standard InChI is InChI=1S/C15H19F3N2O/c1-20-8-6-11(7-9-20)10-19-14(21)12-2-4-13(5-3-12)15(16,17)18/h2-5,11H,6-10H2,1H3,(H,19,21). The zero-order chi connectivity index (χ0) is 15.5.